The lowest BCUT2D eigenvalue weighted by molar-refractivity contribution is -0.123. The molecular weight excluding hydrogens is 317 g/mol. The van der Waals surface area contributed by atoms with Gasteiger partial charge in [-0.25, -0.2) is 0 Å². The molecule has 1 saturated heterocycles. The predicted octanol–water partition coefficient (Wildman–Crippen LogP) is 5.09. The Hall–Kier alpha value is -0.830. The number of benzene rings is 1. The molecule has 0 N–H and O–H groups in total. The molecule has 1 aliphatic rings. The molecule has 2 nitrogen and oxygen atoms in total. The normalized spacial score (nSPS) is 17.1. The Labute approximate surface area is 143 Å². The Balaban J connectivity index is 1.99. The summed E-state index contributed by atoms with van der Waals surface area (Å²) in [6.07, 6.45) is 7.25. The van der Waals surface area contributed by atoms with E-state index in [1.54, 1.807) is 18.2 Å². The number of halogens is 2. The van der Waals surface area contributed by atoms with Crippen molar-refractivity contribution in [2.45, 2.75) is 33.1 Å². The van der Waals surface area contributed by atoms with Crippen LogP contribution in [0.5, 0.6) is 0 Å². The molecule has 120 valence electrons. The highest BCUT2D eigenvalue weighted by molar-refractivity contribution is 6.42. The first-order valence-electron chi connectivity index (χ1n) is 7.78. The summed E-state index contributed by atoms with van der Waals surface area (Å²) in [5.41, 5.74) is 0.515. The largest absolute Gasteiger partial charge is 0.302 e. The van der Waals surface area contributed by atoms with E-state index in [1.807, 2.05) is 26.0 Å². The Morgan fingerprint density at radius 1 is 1.18 bits per heavy atom. The summed E-state index contributed by atoms with van der Waals surface area (Å²) in [4.78, 5) is 14.9. The number of allylic oxidation sites excluding steroid dienone is 1. The maximum absolute atomic E-state index is 12.5. The van der Waals surface area contributed by atoms with E-state index in [0.717, 1.165) is 25.2 Å². The van der Waals surface area contributed by atoms with Crippen LogP contribution >= 0.6 is 23.2 Å². The lowest BCUT2D eigenvalue weighted by Gasteiger charge is -2.33. The van der Waals surface area contributed by atoms with Gasteiger partial charge in [0.1, 0.15) is 0 Å². The molecule has 0 bridgehead atoms. The Morgan fingerprint density at radius 3 is 2.50 bits per heavy atom. The van der Waals surface area contributed by atoms with E-state index >= 15 is 0 Å². The Bertz CT molecular complexity index is 560. The fourth-order valence-corrected chi connectivity index (χ4v) is 3.07. The van der Waals surface area contributed by atoms with E-state index in [-0.39, 0.29) is 11.2 Å². The van der Waals surface area contributed by atoms with Gasteiger partial charge in [0.15, 0.2) is 5.78 Å². The molecule has 0 atom stereocenters. The molecule has 2 rings (SSSR count). The van der Waals surface area contributed by atoms with Crippen LogP contribution in [0, 0.1) is 5.41 Å². The van der Waals surface area contributed by atoms with Crippen molar-refractivity contribution in [1.82, 2.24) is 4.90 Å². The predicted molar refractivity (Wildman–Crippen MR) is 94.6 cm³/mol. The molecule has 1 aliphatic heterocycles. The maximum atomic E-state index is 12.5. The van der Waals surface area contributed by atoms with Gasteiger partial charge in [0.2, 0.25) is 0 Å². The van der Waals surface area contributed by atoms with Gasteiger partial charge in [0.05, 0.1) is 10.0 Å². The third-order valence-electron chi connectivity index (χ3n) is 4.11. The summed E-state index contributed by atoms with van der Waals surface area (Å²) in [5, 5.41) is 1.03. The molecule has 0 aromatic heterocycles. The molecule has 1 heterocycles. The van der Waals surface area contributed by atoms with Gasteiger partial charge in [-0.15, -0.1) is 0 Å². The minimum absolute atomic E-state index is 0.143. The zero-order valence-electron chi connectivity index (χ0n) is 13.2. The number of piperidine rings is 1. The highest BCUT2D eigenvalue weighted by Gasteiger charge is 2.28. The van der Waals surface area contributed by atoms with Crippen molar-refractivity contribution in [2.75, 3.05) is 19.6 Å². The summed E-state index contributed by atoms with van der Waals surface area (Å²) < 4.78 is 0. The highest BCUT2D eigenvalue weighted by Crippen LogP contribution is 2.25. The first kappa shape index (κ1) is 17.5. The van der Waals surface area contributed by atoms with E-state index in [1.165, 1.54) is 19.3 Å². The van der Waals surface area contributed by atoms with Crippen molar-refractivity contribution in [3.05, 3.63) is 39.9 Å². The first-order valence-corrected chi connectivity index (χ1v) is 8.54. The number of hydrogen-bond acceptors (Lipinski definition) is 2. The molecule has 4 heteroatoms. The summed E-state index contributed by atoms with van der Waals surface area (Å²) in [6, 6.07) is 5.37. The van der Waals surface area contributed by atoms with Crippen LogP contribution in [0.1, 0.15) is 38.7 Å². The average molecular weight is 340 g/mol. The average Bonchev–Trinajstić information content (AvgIpc) is 2.48. The zero-order chi connectivity index (χ0) is 16.2. The van der Waals surface area contributed by atoms with Gasteiger partial charge in [0, 0.05) is 12.0 Å². The molecule has 1 aromatic carbocycles. The summed E-state index contributed by atoms with van der Waals surface area (Å²) in [7, 11) is 0. The molecule has 0 amide bonds. The van der Waals surface area contributed by atoms with Gasteiger partial charge in [-0.3, -0.25) is 4.79 Å². The van der Waals surface area contributed by atoms with Crippen LogP contribution in [-0.4, -0.2) is 30.3 Å². The number of ketones is 1. The quantitative estimate of drug-likeness (QED) is 0.696. The molecule has 0 unspecified atom stereocenters. The fourth-order valence-electron chi connectivity index (χ4n) is 2.77. The van der Waals surface area contributed by atoms with Crippen LogP contribution in [0.4, 0.5) is 0 Å². The summed E-state index contributed by atoms with van der Waals surface area (Å²) in [5.74, 6) is 0.143. The van der Waals surface area contributed by atoms with Crippen LogP contribution in [0.2, 0.25) is 10.0 Å². The van der Waals surface area contributed by atoms with E-state index in [9.17, 15) is 4.79 Å². The van der Waals surface area contributed by atoms with Gasteiger partial charge in [-0.1, -0.05) is 55.6 Å². The van der Waals surface area contributed by atoms with Crippen LogP contribution in [0.25, 0.3) is 6.08 Å². The second-order valence-corrected chi connectivity index (χ2v) is 7.41. The summed E-state index contributed by atoms with van der Waals surface area (Å²) >= 11 is 11.9. The molecule has 0 aliphatic carbocycles. The standard InChI is InChI=1S/C18H23Cl2NO/c1-18(2,13-21-10-4-3-5-11-21)17(22)9-7-14-6-8-15(19)16(20)12-14/h6-9,12H,3-5,10-11,13H2,1-2H3/b9-7+. The van der Waals surface area contributed by atoms with E-state index in [0.29, 0.717) is 10.0 Å². The number of hydrogen-bond donors (Lipinski definition) is 0. The lowest BCUT2D eigenvalue weighted by Crippen LogP contribution is -2.41. The van der Waals surface area contributed by atoms with Crippen molar-refractivity contribution < 1.29 is 4.79 Å². The van der Waals surface area contributed by atoms with Gasteiger partial charge in [-0.2, -0.15) is 0 Å². The van der Waals surface area contributed by atoms with Gasteiger partial charge in [0.25, 0.3) is 0 Å². The number of likely N-dealkylation sites (tertiary alicyclic amines) is 1. The number of carbonyl (C=O) groups is 1. The molecule has 0 radical (unpaired) electrons. The molecule has 1 aromatic rings. The Kier molecular flexibility index (Phi) is 6.08. The van der Waals surface area contributed by atoms with Crippen LogP contribution < -0.4 is 0 Å². The second-order valence-electron chi connectivity index (χ2n) is 6.59. The number of nitrogens with zero attached hydrogens (tertiary/aromatic N) is 1. The van der Waals surface area contributed by atoms with Crippen molar-refractivity contribution in [3.63, 3.8) is 0 Å². The topological polar surface area (TPSA) is 20.3 Å². The zero-order valence-corrected chi connectivity index (χ0v) is 14.8. The number of rotatable bonds is 5. The molecule has 22 heavy (non-hydrogen) atoms. The monoisotopic (exact) mass is 339 g/mol. The minimum Gasteiger partial charge on any atom is -0.302 e. The van der Waals surface area contributed by atoms with Gasteiger partial charge >= 0.3 is 0 Å². The minimum atomic E-state index is -0.371. The Morgan fingerprint density at radius 2 is 1.86 bits per heavy atom. The second kappa shape index (κ2) is 7.63. The van der Waals surface area contributed by atoms with Gasteiger partial charge < -0.3 is 4.90 Å². The highest BCUT2D eigenvalue weighted by atomic mass is 35.5. The maximum Gasteiger partial charge on any atom is 0.162 e. The molecule has 0 saturated carbocycles. The molecule has 1 fully saturated rings. The SMILES string of the molecule is CC(C)(CN1CCCCC1)C(=O)/C=C/c1ccc(Cl)c(Cl)c1. The number of carbonyl (C=O) groups excluding carboxylic acids is 1. The van der Waals surface area contributed by atoms with Crippen molar-refractivity contribution in [2.24, 2.45) is 5.41 Å². The van der Waals surface area contributed by atoms with Crippen molar-refractivity contribution in [3.8, 4) is 0 Å². The van der Waals surface area contributed by atoms with Crippen LogP contribution in [-0.2, 0) is 4.79 Å². The van der Waals surface area contributed by atoms with Crippen LogP contribution in [0.3, 0.4) is 0 Å². The fraction of sp³-hybridized carbons (Fsp3) is 0.500. The smallest absolute Gasteiger partial charge is 0.162 e. The lowest BCUT2D eigenvalue weighted by atomic mass is 9.86. The summed E-state index contributed by atoms with van der Waals surface area (Å²) in [6.45, 7) is 7.06. The van der Waals surface area contributed by atoms with Crippen molar-refractivity contribution >= 4 is 35.1 Å². The first-order chi connectivity index (χ1) is 10.4. The molecule has 0 spiro atoms. The third-order valence-corrected chi connectivity index (χ3v) is 4.84. The van der Waals surface area contributed by atoms with Gasteiger partial charge in [-0.05, 0) is 49.7 Å². The van der Waals surface area contributed by atoms with E-state index < -0.39 is 0 Å². The van der Waals surface area contributed by atoms with E-state index in [4.69, 9.17) is 23.2 Å². The van der Waals surface area contributed by atoms with Crippen LogP contribution in [0.15, 0.2) is 24.3 Å². The van der Waals surface area contributed by atoms with E-state index in [2.05, 4.69) is 4.90 Å². The third kappa shape index (κ3) is 4.84. The molecular formula is C18H23Cl2NO. The van der Waals surface area contributed by atoms with Crippen molar-refractivity contribution in [1.29, 1.82) is 0 Å².